The van der Waals surface area contributed by atoms with Crippen molar-refractivity contribution in [3.05, 3.63) is 77.4 Å². The predicted molar refractivity (Wildman–Crippen MR) is 113 cm³/mol. The van der Waals surface area contributed by atoms with E-state index in [0.717, 1.165) is 24.0 Å². The Kier molecular flexibility index (Phi) is 5.03. The maximum absolute atomic E-state index is 13.6. The topological polar surface area (TPSA) is 52.6 Å². The molecule has 0 unspecified atom stereocenters. The second kappa shape index (κ2) is 7.84. The minimum absolute atomic E-state index is 0.0340. The van der Waals surface area contributed by atoms with Crippen LogP contribution in [0.2, 0.25) is 0 Å². The van der Waals surface area contributed by atoms with E-state index >= 15 is 0 Å². The Bertz CT molecular complexity index is 979. The Morgan fingerprint density at radius 3 is 2.37 bits per heavy atom. The van der Waals surface area contributed by atoms with Gasteiger partial charge in [-0.05, 0) is 42.7 Å². The molecule has 0 radical (unpaired) electrons. The molecule has 2 aromatic rings. The van der Waals surface area contributed by atoms with Crippen LogP contribution in [0.15, 0.2) is 66.2 Å². The molecule has 0 N–H and O–H groups in total. The molecule has 2 aromatic carbocycles. The lowest BCUT2D eigenvalue weighted by molar-refractivity contribution is -0.139. The van der Waals surface area contributed by atoms with Gasteiger partial charge in [0.25, 0.3) is 0 Å². The number of fused-ring (bicyclic) bond motifs is 5. The number of ketones is 1. The molecule has 4 nitrogen and oxygen atoms in total. The van der Waals surface area contributed by atoms with Crippen molar-refractivity contribution in [2.24, 2.45) is 23.7 Å². The highest BCUT2D eigenvalue weighted by Crippen LogP contribution is 2.61. The number of esters is 1. The molecule has 0 aromatic heterocycles. The van der Waals surface area contributed by atoms with E-state index in [1.165, 1.54) is 0 Å². The minimum atomic E-state index is -0.327. The Hall–Kier alpha value is -2.72. The van der Waals surface area contributed by atoms with E-state index in [4.69, 9.17) is 9.47 Å². The standard InChI is InChI=1S/C26H26O4/c1-2-29-26(28)24-21-18-13-19(20(14-18)30-15-16-9-5-3-6-10-16)23(21)25(27)22(24)17-11-7-4-8-12-17/h3-12,18-21,23H,2,13-15H2,1H3/t18-,19+,20-,21-,23+/m0/s1. The number of hydrogen-bond donors (Lipinski definition) is 0. The lowest BCUT2D eigenvalue weighted by Gasteiger charge is -2.31. The zero-order valence-corrected chi connectivity index (χ0v) is 17.1. The van der Waals surface area contributed by atoms with E-state index in [-0.39, 0.29) is 35.6 Å². The van der Waals surface area contributed by atoms with E-state index < -0.39 is 0 Å². The largest absolute Gasteiger partial charge is 0.463 e. The molecule has 0 aliphatic heterocycles. The number of carbonyl (C=O) groups is 2. The molecule has 2 saturated carbocycles. The fraction of sp³-hybridized carbons (Fsp3) is 0.385. The average molecular weight is 402 g/mol. The summed E-state index contributed by atoms with van der Waals surface area (Å²) in [6, 6.07) is 19.7. The molecule has 154 valence electrons. The van der Waals surface area contributed by atoms with Crippen LogP contribution in [-0.2, 0) is 25.7 Å². The molecule has 2 fully saturated rings. The smallest absolute Gasteiger partial charge is 0.335 e. The third-order valence-corrected chi connectivity index (χ3v) is 6.96. The molecule has 30 heavy (non-hydrogen) atoms. The highest BCUT2D eigenvalue weighted by molar-refractivity contribution is 6.30. The Morgan fingerprint density at radius 1 is 0.967 bits per heavy atom. The van der Waals surface area contributed by atoms with Crippen molar-refractivity contribution in [1.29, 1.82) is 0 Å². The normalized spacial score (nSPS) is 29.4. The van der Waals surface area contributed by atoms with Gasteiger partial charge in [0, 0.05) is 17.4 Å². The first-order chi connectivity index (χ1) is 14.7. The lowest BCUT2D eigenvalue weighted by Crippen LogP contribution is -2.35. The monoisotopic (exact) mass is 402 g/mol. The Balaban J connectivity index is 1.43. The second-order valence-corrected chi connectivity index (χ2v) is 8.52. The van der Waals surface area contributed by atoms with Crippen molar-refractivity contribution in [2.75, 3.05) is 6.61 Å². The van der Waals surface area contributed by atoms with Gasteiger partial charge in [-0.15, -0.1) is 0 Å². The number of ether oxygens (including phenoxy) is 2. The summed E-state index contributed by atoms with van der Waals surface area (Å²) < 4.78 is 11.7. The molecule has 0 heterocycles. The van der Waals surface area contributed by atoms with Crippen LogP contribution in [0.25, 0.3) is 5.57 Å². The summed E-state index contributed by atoms with van der Waals surface area (Å²) in [5.41, 5.74) is 3.14. The summed E-state index contributed by atoms with van der Waals surface area (Å²) in [6.45, 7) is 2.68. The van der Waals surface area contributed by atoms with Gasteiger partial charge in [-0.1, -0.05) is 60.7 Å². The first-order valence-electron chi connectivity index (χ1n) is 10.9. The maximum Gasteiger partial charge on any atom is 0.335 e. The zero-order valence-electron chi connectivity index (χ0n) is 17.1. The van der Waals surface area contributed by atoms with E-state index in [9.17, 15) is 9.59 Å². The first kappa shape index (κ1) is 19.3. The second-order valence-electron chi connectivity index (χ2n) is 8.52. The van der Waals surface area contributed by atoms with Crippen molar-refractivity contribution in [1.82, 2.24) is 0 Å². The van der Waals surface area contributed by atoms with Crippen LogP contribution in [0.3, 0.4) is 0 Å². The summed E-state index contributed by atoms with van der Waals surface area (Å²) in [5, 5.41) is 0. The van der Waals surface area contributed by atoms with Crippen LogP contribution in [0.5, 0.6) is 0 Å². The molecular weight excluding hydrogens is 376 g/mol. The molecule has 0 saturated heterocycles. The van der Waals surface area contributed by atoms with Crippen LogP contribution >= 0.6 is 0 Å². The molecule has 4 heteroatoms. The summed E-state index contributed by atoms with van der Waals surface area (Å²) in [6.07, 6.45) is 1.92. The number of benzene rings is 2. The predicted octanol–water partition coefficient (Wildman–Crippen LogP) is 4.44. The molecule has 5 atom stereocenters. The number of rotatable bonds is 6. The minimum Gasteiger partial charge on any atom is -0.463 e. The molecular formula is C26H26O4. The van der Waals surface area contributed by atoms with Crippen molar-refractivity contribution in [3.63, 3.8) is 0 Å². The van der Waals surface area contributed by atoms with Crippen LogP contribution in [0.4, 0.5) is 0 Å². The van der Waals surface area contributed by atoms with Crippen LogP contribution in [0, 0.1) is 23.7 Å². The van der Waals surface area contributed by atoms with Gasteiger partial charge in [-0.2, -0.15) is 0 Å². The number of allylic oxidation sites excluding steroid dienone is 1. The molecule has 3 aliphatic carbocycles. The van der Waals surface area contributed by atoms with Gasteiger partial charge >= 0.3 is 5.97 Å². The molecule has 3 aliphatic rings. The van der Waals surface area contributed by atoms with Crippen molar-refractivity contribution in [3.8, 4) is 0 Å². The third-order valence-electron chi connectivity index (χ3n) is 6.96. The summed E-state index contributed by atoms with van der Waals surface area (Å²) in [5.74, 6) is 0.0286. The van der Waals surface area contributed by atoms with Gasteiger partial charge in [-0.3, -0.25) is 4.79 Å². The zero-order chi connectivity index (χ0) is 20.7. The average Bonchev–Trinajstić information content (AvgIpc) is 3.44. The van der Waals surface area contributed by atoms with E-state index in [2.05, 4.69) is 12.1 Å². The van der Waals surface area contributed by atoms with E-state index in [0.29, 0.717) is 30.3 Å². The van der Waals surface area contributed by atoms with Gasteiger partial charge in [-0.25, -0.2) is 4.79 Å². The molecule has 0 spiro atoms. The van der Waals surface area contributed by atoms with Crippen molar-refractivity contribution >= 4 is 17.3 Å². The summed E-state index contributed by atoms with van der Waals surface area (Å²) >= 11 is 0. The molecule has 5 rings (SSSR count). The summed E-state index contributed by atoms with van der Waals surface area (Å²) in [4.78, 5) is 26.5. The fourth-order valence-corrected chi connectivity index (χ4v) is 5.86. The van der Waals surface area contributed by atoms with Crippen LogP contribution < -0.4 is 0 Å². The number of hydrogen-bond acceptors (Lipinski definition) is 4. The maximum atomic E-state index is 13.6. The van der Waals surface area contributed by atoms with E-state index in [1.807, 2.05) is 55.5 Å². The van der Waals surface area contributed by atoms with E-state index in [1.54, 1.807) is 0 Å². The van der Waals surface area contributed by atoms with Crippen LogP contribution in [0.1, 0.15) is 30.9 Å². The Morgan fingerprint density at radius 2 is 1.67 bits per heavy atom. The number of carbonyl (C=O) groups excluding carboxylic acids is 2. The highest BCUT2D eigenvalue weighted by Gasteiger charge is 2.62. The van der Waals surface area contributed by atoms with Crippen LogP contribution in [-0.4, -0.2) is 24.5 Å². The van der Waals surface area contributed by atoms with Crippen molar-refractivity contribution < 1.29 is 19.1 Å². The molecule has 0 amide bonds. The highest BCUT2D eigenvalue weighted by atomic mass is 16.5. The first-order valence-corrected chi connectivity index (χ1v) is 10.9. The van der Waals surface area contributed by atoms with Gasteiger partial charge in [0.05, 0.1) is 24.9 Å². The van der Waals surface area contributed by atoms with Gasteiger partial charge in [0.2, 0.25) is 0 Å². The third kappa shape index (κ3) is 3.10. The SMILES string of the molecule is CCOC(=O)C1=C(c2ccccc2)C(=O)[C@@H]2[C@@H]3C[C@@H](C[C@@H]3OCc3ccccc3)[C@H]12. The molecule has 2 bridgehead atoms. The fourth-order valence-electron chi connectivity index (χ4n) is 5.86. The Labute approximate surface area is 176 Å². The van der Waals surface area contributed by atoms with Gasteiger partial charge in [0.1, 0.15) is 0 Å². The van der Waals surface area contributed by atoms with Gasteiger partial charge in [0.15, 0.2) is 5.78 Å². The summed E-state index contributed by atoms with van der Waals surface area (Å²) in [7, 11) is 0. The quantitative estimate of drug-likeness (QED) is 0.670. The van der Waals surface area contributed by atoms with Crippen molar-refractivity contribution in [2.45, 2.75) is 32.5 Å². The van der Waals surface area contributed by atoms with Gasteiger partial charge < -0.3 is 9.47 Å². The number of Topliss-reactive ketones (excluding diaryl/α,β-unsaturated/α-hetero) is 1. The lowest BCUT2D eigenvalue weighted by atomic mass is 9.77.